The summed E-state index contributed by atoms with van der Waals surface area (Å²) in [6, 6.07) is -0.836. The molecule has 2 atom stereocenters. The Morgan fingerprint density at radius 2 is 1.73 bits per heavy atom. The number of methoxy groups -OCH3 is 2. The van der Waals surface area contributed by atoms with Crippen LogP contribution in [0.5, 0.6) is 0 Å². The summed E-state index contributed by atoms with van der Waals surface area (Å²) in [5.74, 6) is 0. The molecule has 0 unspecified atom stereocenters. The van der Waals surface area contributed by atoms with Gasteiger partial charge in [0.05, 0.1) is 25.3 Å². The van der Waals surface area contributed by atoms with E-state index in [1.165, 1.54) is 4.90 Å². The number of urea groups is 1. The molecule has 0 N–H and O–H groups in total. The van der Waals surface area contributed by atoms with Crippen molar-refractivity contribution in [1.82, 2.24) is 4.90 Å². The van der Waals surface area contributed by atoms with E-state index in [0.29, 0.717) is 13.2 Å². The molecule has 1 saturated heterocycles. The highest BCUT2D eigenvalue weighted by atomic mass is 16.5. The van der Waals surface area contributed by atoms with Gasteiger partial charge < -0.3 is 14.4 Å². The van der Waals surface area contributed by atoms with Gasteiger partial charge in [0.25, 0.3) is 0 Å². The lowest BCUT2D eigenvalue weighted by Crippen LogP contribution is -2.43. The predicted octanol–water partition coefficient (Wildman–Crippen LogP) is 0.999. The zero-order chi connectivity index (χ0) is 11.3. The fraction of sp³-hybridized carbons (Fsp3) is 0.889. The molecule has 0 aromatic carbocycles. The first-order chi connectivity index (χ1) is 7.24. The maximum Gasteiger partial charge on any atom is 0.381 e. The Hall–Kier alpha value is -1.01. The van der Waals surface area contributed by atoms with E-state index in [4.69, 9.17) is 9.47 Å². The van der Waals surface area contributed by atoms with Gasteiger partial charge in [-0.1, -0.05) is 0 Å². The number of carbonyl (C=O) groups is 1. The van der Waals surface area contributed by atoms with E-state index in [9.17, 15) is 9.70 Å². The van der Waals surface area contributed by atoms with Crippen LogP contribution in [0.4, 0.5) is 4.79 Å². The first-order valence-corrected chi connectivity index (χ1v) is 4.88. The molecule has 86 valence electrons. The van der Waals surface area contributed by atoms with Crippen LogP contribution in [0.25, 0.3) is 0 Å². The molecular weight excluding hydrogens is 200 g/mol. The van der Waals surface area contributed by atoms with Crippen molar-refractivity contribution >= 4 is 6.03 Å². The van der Waals surface area contributed by atoms with Crippen LogP contribution >= 0.6 is 0 Å². The smallest absolute Gasteiger partial charge is 0.381 e. The molecule has 1 rings (SSSR count). The molecule has 1 aliphatic heterocycles. The van der Waals surface area contributed by atoms with Gasteiger partial charge in [-0.15, -0.1) is 4.91 Å². The Kier molecular flexibility index (Phi) is 4.64. The maximum absolute atomic E-state index is 11.3. The monoisotopic (exact) mass is 216 g/mol. The highest BCUT2D eigenvalue weighted by Crippen LogP contribution is 2.25. The van der Waals surface area contributed by atoms with Crippen LogP contribution in [-0.4, -0.2) is 50.4 Å². The summed E-state index contributed by atoms with van der Waals surface area (Å²) in [7, 11) is 3.14. The molecule has 15 heavy (non-hydrogen) atoms. The van der Waals surface area contributed by atoms with Crippen molar-refractivity contribution in [2.24, 2.45) is 5.18 Å². The first-order valence-electron chi connectivity index (χ1n) is 4.88. The van der Waals surface area contributed by atoms with Crippen LogP contribution in [0.3, 0.4) is 0 Å². The van der Waals surface area contributed by atoms with Gasteiger partial charge in [0, 0.05) is 19.4 Å². The standard InChI is InChI=1S/C9H16N2O4/c1-14-5-7-3-4-8(6-15-2)11(7)9(12)10-13/h7-8H,3-6H2,1-2H3/t7-,8-/m1/s1. The number of amides is 2. The minimum Gasteiger partial charge on any atom is -0.383 e. The van der Waals surface area contributed by atoms with Gasteiger partial charge in [0.15, 0.2) is 0 Å². The average molecular weight is 216 g/mol. The molecule has 1 aliphatic rings. The molecule has 0 bridgehead atoms. The summed E-state index contributed by atoms with van der Waals surface area (Å²) in [5.41, 5.74) is 0. The third kappa shape index (κ3) is 2.73. The number of rotatable bonds is 4. The minimum atomic E-state index is -0.725. The molecule has 6 heteroatoms. The van der Waals surface area contributed by atoms with Crippen molar-refractivity contribution in [2.75, 3.05) is 27.4 Å². The Balaban J connectivity index is 2.68. The number of likely N-dealkylation sites (tertiary alicyclic amines) is 1. The van der Waals surface area contributed by atoms with E-state index >= 15 is 0 Å². The fourth-order valence-corrected chi connectivity index (χ4v) is 2.03. The van der Waals surface area contributed by atoms with Gasteiger partial charge in [-0.25, -0.2) is 4.79 Å². The Labute approximate surface area is 88.5 Å². The van der Waals surface area contributed by atoms with E-state index < -0.39 is 6.03 Å². The highest BCUT2D eigenvalue weighted by Gasteiger charge is 2.37. The van der Waals surface area contributed by atoms with Crippen LogP contribution in [0, 0.1) is 4.91 Å². The Bertz CT molecular complexity index is 220. The third-order valence-electron chi connectivity index (χ3n) is 2.64. The SMILES string of the molecule is COC[C@H]1CC[C@H](COC)N1C(=O)N=O. The van der Waals surface area contributed by atoms with Crippen molar-refractivity contribution in [3.63, 3.8) is 0 Å². The Morgan fingerprint density at radius 1 is 1.27 bits per heavy atom. The van der Waals surface area contributed by atoms with Crippen LogP contribution < -0.4 is 0 Å². The summed E-state index contributed by atoms with van der Waals surface area (Å²) in [6.45, 7) is 0.864. The second-order valence-corrected chi connectivity index (χ2v) is 3.58. The first kappa shape index (κ1) is 12.1. The van der Waals surface area contributed by atoms with Crippen molar-refractivity contribution < 1.29 is 14.3 Å². The lowest BCUT2D eigenvalue weighted by molar-refractivity contribution is 0.0840. The van der Waals surface area contributed by atoms with E-state index in [1.807, 2.05) is 0 Å². The van der Waals surface area contributed by atoms with Gasteiger partial charge in [0.1, 0.15) is 0 Å². The van der Waals surface area contributed by atoms with Crippen molar-refractivity contribution in [3.05, 3.63) is 4.91 Å². The molecule has 0 spiro atoms. The lowest BCUT2D eigenvalue weighted by atomic mass is 10.2. The number of hydrogen-bond donors (Lipinski definition) is 0. The second kappa shape index (κ2) is 5.77. The van der Waals surface area contributed by atoms with Crippen LogP contribution in [0.2, 0.25) is 0 Å². The van der Waals surface area contributed by atoms with Crippen LogP contribution in [0.1, 0.15) is 12.8 Å². The lowest BCUT2D eigenvalue weighted by Gasteiger charge is -2.26. The van der Waals surface area contributed by atoms with Gasteiger partial charge in [-0.3, -0.25) is 0 Å². The number of nitrogens with zero attached hydrogens (tertiary/aromatic N) is 2. The van der Waals surface area contributed by atoms with Crippen molar-refractivity contribution in [3.8, 4) is 0 Å². The summed E-state index contributed by atoms with van der Waals surface area (Å²) in [6.07, 6.45) is 1.65. The molecule has 0 aromatic rings. The van der Waals surface area contributed by atoms with Crippen LogP contribution in [0.15, 0.2) is 5.18 Å². The predicted molar refractivity (Wildman–Crippen MR) is 53.6 cm³/mol. The molecule has 6 nitrogen and oxygen atoms in total. The minimum absolute atomic E-state index is 0.0552. The topological polar surface area (TPSA) is 68.2 Å². The quantitative estimate of drug-likeness (QED) is 0.657. The molecular formula is C9H16N2O4. The largest absolute Gasteiger partial charge is 0.383 e. The Morgan fingerprint density at radius 3 is 2.07 bits per heavy atom. The number of hydrogen-bond acceptors (Lipinski definition) is 4. The molecule has 1 fully saturated rings. The summed E-state index contributed by atoms with van der Waals surface area (Å²) in [5, 5.41) is 2.46. The van der Waals surface area contributed by atoms with Gasteiger partial charge in [-0.05, 0) is 12.8 Å². The maximum atomic E-state index is 11.3. The van der Waals surface area contributed by atoms with Gasteiger partial charge in [0.2, 0.25) is 0 Å². The van der Waals surface area contributed by atoms with Crippen LogP contribution in [-0.2, 0) is 9.47 Å². The van der Waals surface area contributed by atoms with Gasteiger partial charge in [-0.2, -0.15) is 0 Å². The number of ether oxygens (including phenoxy) is 2. The van der Waals surface area contributed by atoms with Gasteiger partial charge >= 0.3 is 6.03 Å². The molecule has 0 saturated carbocycles. The van der Waals surface area contributed by atoms with E-state index in [2.05, 4.69) is 5.18 Å². The van der Waals surface area contributed by atoms with Crippen molar-refractivity contribution in [2.45, 2.75) is 24.9 Å². The summed E-state index contributed by atoms with van der Waals surface area (Å²) >= 11 is 0. The number of nitroso groups, excluding NO2 is 1. The fourth-order valence-electron chi connectivity index (χ4n) is 2.03. The molecule has 2 amide bonds. The zero-order valence-corrected chi connectivity index (χ0v) is 9.01. The number of carbonyl (C=O) groups excluding carboxylic acids is 1. The zero-order valence-electron chi connectivity index (χ0n) is 9.01. The molecule has 0 radical (unpaired) electrons. The summed E-state index contributed by atoms with van der Waals surface area (Å²) < 4.78 is 10.00. The normalized spacial score (nSPS) is 25.6. The van der Waals surface area contributed by atoms with E-state index in [1.54, 1.807) is 14.2 Å². The van der Waals surface area contributed by atoms with E-state index in [-0.39, 0.29) is 12.1 Å². The van der Waals surface area contributed by atoms with E-state index in [0.717, 1.165) is 12.8 Å². The highest BCUT2D eigenvalue weighted by molar-refractivity contribution is 5.76. The summed E-state index contributed by atoms with van der Waals surface area (Å²) in [4.78, 5) is 23.1. The van der Waals surface area contributed by atoms with Crippen molar-refractivity contribution in [1.29, 1.82) is 0 Å². The average Bonchev–Trinajstić information content (AvgIpc) is 2.62. The second-order valence-electron chi connectivity index (χ2n) is 3.58. The third-order valence-corrected chi connectivity index (χ3v) is 2.64. The molecule has 0 aliphatic carbocycles. The molecule has 0 aromatic heterocycles. The molecule has 1 heterocycles.